The van der Waals surface area contributed by atoms with Gasteiger partial charge in [-0.05, 0) is 13.0 Å². The van der Waals surface area contributed by atoms with Crippen LogP contribution >= 0.6 is 0 Å². The zero-order chi connectivity index (χ0) is 28.2. The summed E-state index contributed by atoms with van der Waals surface area (Å²) in [5.74, 6) is -2.68. The highest BCUT2D eigenvalue weighted by molar-refractivity contribution is 5.82. The van der Waals surface area contributed by atoms with Crippen LogP contribution in [0.1, 0.15) is 31.7 Å². The predicted molar refractivity (Wildman–Crippen MR) is 121 cm³/mol. The van der Waals surface area contributed by atoms with E-state index in [1.54, 1.807) is 0 Å². The Kier molecular flexibility index (Phi) is 9.56. The second kappa shape index (κ2) is 11.8. The fraction of sp³-hybridized carbons (Fsp3) is 0.524. The number of aliphatic hydroxyl groups excluding tert-OH is 4. The first-order valence-corrected chi connectivity index (χ1v) is 10.9. The number of carbonyl (C=O) groups excluding carboxylic acids is 1. The number of alkyl halides is 3. The van der Waals surface area contributed by atoms with Crippen molar-refractivity contribution >= 4 is 5.91 Å². The van der Waals surface area contributed by atoms with Crippen molar-refractivity contribution in [2.75, 3.05) is 0 Å². The molecule has 0 aliphatic heterocycles. The fourth-order valence-electron chi connectivity index (χ4n) is 3.56. The van der Waals surface area contributed by atoms with Crippen LogP contribution in [0.5, 0.6) is 0 Å². The second-order valence-electron chi connectivity index (χ2n) is 8.56. The fourth-order valence-corrected chi connectivity index (χ4v) is 3.56. The van der Waals surface area contributed by atoms with E-state index in [2.05, 4.69) is 4.98 Å². The number of nitrogens with one attached hydrogen (secondary N) is 3. The number of aromatic nitrogens is 3. The van der Waals surface area contributed by atoms with Gasteiger partial charge in [0.05, 0.1) is 18.2 Å². The highest BCUT2D eigenvalue weighted by Gasteiger charge is 2.50. The second-order valence-corrected chi connectivity index (χ2v) is 8.56. The molecule has 4 unspecified atom stereocenters. The molecule has 13 nitrogen and oxygen atoms in total. The Labute approximate surface area is 206 Å². The molecular weight excluding hydrogens is 507 g/mol. The number of pyridine rings is 1. The SMILES string of the molecule is CC(C(O)C(O)C(O)[C@H](NC(=O)[C@@H](N)[C@H](C)[C@H](O)c1cccc(=O)[nH]1)C(F)(F)F)n1ccc(=O)[nH]c1=O. The van der Waals surface area contributed by atoms with Crippen molar-refractivity contribution in [3.8, 4) is 0 Å². The summed E-state index contributed by atoms with van der Waals surface area (Å²) in [6, 6.07) is -1.63. The predicted octanol–water partition coefficient (Wildman–Crippen LogP) is -2.39. The van der Waals surface area contributed by atoms with Crippen molar-refractivity contribution < 1.29 is 38.4 Å². The van der Waals surface area contributed by atoms with E-state index in [-0.39, 0.29) is 5.69 Å². The number of amides is 1. The number of carbonyl (C=O) groups is 1. The molecule has 0 aliphatic carbocycles. The van der Waals surface area contributed by atoms with E-state index in [9.17, 15) is 52.8 Å². The van der Waals surface area contributed by atoms with Crippen molar-refractivity contribution in [1.29, 1.82) is 0 Å². The Balaban J connectivity index is 2.21. The third-order valence-electron chi connectivity index (χ3n) is 5.95. The molecule has 16 heteroatoms. The third kappa shape index (κ3) is 7.14. The van der Waals surface area contributed by atoms with E-state index in [4.69, 9.17) is 5.73 Å². The number of aromatic amines is 2. The lowest BCUT2D eigenvalue weighted by molar-refractivity contribution is -0.201. The molecule has 1 amide bonds. The first-order chi connectivity index (χ1) is 17.1. The van der Waals surface area contributed by atoms with Gasteiger partial charge in [-0.15, -0.1) is 0 Å². The Morgan fingerprint density at radius 1 is 0.973 bits per heavy atom. The molecule has 8 atom stereocenters. The topological polar surface area (TPSA) is 224 Å². The summed E-state index contributed by atoms with van der Waals surface area (Å²) in [6.07, 6.45) is -13.5. The van der Waals surface area contributed by atoms with Gasteiger partial charge in [0.2, 0.25) is 11.5 Å². The zero-order valence-corrected chi connectivity index (χ0v) is 19.6. The highest BCUT2D eigenvalue weighted by Crippen LogP contribution is 2.27. The lowest BCUT2D eigenvalue weighted by Crippen LogP contribution is -2.62. The number of H-pyrrole nitrogens is 2. The smallest absolute Gasteiger partial charge is 0.388 e. The lowest BCUT2D eigenvalue weighted by atomic mass is 9.92. The van der Waals surface area contributed by atoms with E-state index in [1.165, 1.54) is 24.4 Å². The summed E-state index contributed by atoms with van der Waals surface area (Å²) in [4.78, 5) is 51.2. The standard InChI is InChI=1S/C21H28F3N5O8/c1-8(14(32)10-4-3-5-11(30)26-10)13(25)19(36)28-18(21(22,23)24)17(35)16(34)15(33)9(2)29-7-6-12(31)27-20(29)37/h3-9,13-18,32-35H,25H2,1-2H3,(H,26,30)(H,28,36)(H,27,31,37)/t8-,9?,13-,14-,15?,16?,17?,18-/m0/s1. The average molecular weight is 535 g/mol. The summed E-state index contributed by atoms with van der Waals surface area (Å²) in [6.45, 7) is 2.37. The van der Waals surface area contributed by atoms with Gasteiger partial charge in [0.1, 0.15) is 18.3 Å². The van der Waals surface area contributed by atoms with Crippen LogP contribution in [-0.2, 0) is 4.79 Å². The number of hydrogen-bond acceptors (Lipinski definition) is 9. The lowest BCUT2D eigenvalue weighted by Gasteiger charge is -2.34. The van der Waals surface area contributed by atoms with Gasteiger partial charge >= 0.3 is 11.9 Å². The maximum absolute atomic E-state index is 13.7. The van der Waals surface area contributed by atoms with Gasteiger partial charge < -0.3 is 36.5 Å². The van der Waals surface area contributed by atoms with Gasteiger partial charge in [0, 0.05) is 29.9 Å². The zero-order valence-electron chi connectivity index (χ0n) is 19.6. The summed E-state index contributed by atoms with van der Waals surface area (Å²) in [5, 5.41) is 42.7. The van der Waals surface area contributed by atoms with Crippen LogP contribution in [0.15, 0.2) is 44.8 Å². The summed E-state index contributed by atoms with van der Waals surface area (Å²) in [7, 11) is 0. The van der Waals surface area contributed by atoms with E-state index in [0.29, 0.717) is 0 Å². The number of rotatable bonds is 10. The number of hydrogen-bond donors (Lipinski definition) is 8. The Morgan fingerprint density at radius 3 is 2.11 bits per heavy atom. The molecule has 9 N–H and O–H groups in total. The van der Waals surface area contributed by atoms with Crippen molar-refractivity contribution in [2.45, 2.75) is 62.6 Å². The molecule has 2 aromatic rings. The Hall–Kier alpha value is -3.31. The molecule has 2 aromatic heterocycles. The minimum Gasteiger partial charge on any atom is -0.388 e. The number of nitrogens with zero attached hydrogens (tertiary/aromatic N) is 1. The number of halogens is 3. The molecule has 0 fully saturated rings. The van der Waals surface area contributed by atoms with E-state index < -0.39 is 77.4 Å². The molecule has 2 rings (SSSR count). The molecule has 0 aliphatic rings. The molecule has 0 spiro atoms. The van der Waals surface area contributed by atoms with Crippen LogP contribution in [0.25, 0.3) is 0 Å². The molecule has 37 heavy (non-hydrogen) atoms. The Morgan fingerprint density at radius 2 is 1.57 bits per heavy atom. The molecule has 0 bridgehead atoms. The summed E-state index contributed by atoms with van der Waals surface area (Å²) >= 11 is 0. The van der Waals surface area contributed by atoms with Crippen LogP contribution < -0.4 is 27.9 Å². The molecule has 206 valence electrons. The van der Waals surface area contributed by atoms with Gasteiger partial charge in [0.25, 0.3) is 5.56 Å². The van der Waals surface area contributed by atoms with Gasteiger partial charge in [-0.1, -0.05) is 13.0 Å². The van der Waals surface area contributed by atoms with Crippen molar-refractivity contribution in [3.63, 3.8) is 0 Å². The summed E-state index contributed by atoms with van der Waals surface area (Å²) in [5.41, 5.74) is 3.30. The van der Waals surface area contributed by atoms with Crippen LogP contribution in [0.2, 0.25) is 0 Å². The largest absolute Gasteiger partial charge is 0.411 e. The maximum Gasteiger partial charge on any atom is 0.411 e. The molecule has 0 aromatic carbocycles. The van der Waals surface area contributed by atoms with Crippen LogP contribution in [0.3, 0.4) is 0 Å². The molecule has 0 saturated carbocycles. The first kappa shape index (κ1) is 29.9. The molecular formula is C21H28F3N5O8. The summed E-state index contributed by atoms with van der Waals surface area (Å²) < 4.78 is 41.9. The van der Waals surface area contributed by atoms with Crippen LogP contribution in [0.4, 0.5) is 13.2 Å². The monoisotopic (exact) mass is 535 g/mol. The molecule has 2 heterocycles. The average Bonchev–Trinajstić information content (AvgIpc) is 2.83. The van der Waals surface area contributed by atoms with Gasteiger partial charge in [-0.25, -0.2) is 4.79 Å². The molecule has 0 saturated heterocycles. The highest BCUT2D eigenvalue weighted by atomic mass is 19.4. The normalized spacial score (nSPS) is 18.6. The van der Waals surface area contributed by atoms with Crippen molar-refractivity contribution in [1.82, 2.24) is 19.9 Å². The quantitative estimate of drug-likeness (QED) is 0.162. The van der Waals surface area contributed by atoms with Gasteiger partial charge in [-0.2, -0.15) is 13.2 Å². The number of aliphatic hydroxyl groups is 4. The number of nitrogens with two attached hydrogens (primary N) is 1. The Bertz CT molecular complexity index is 1250. The maximum atomic E-state index is 13.7. The van der Waals surface area contributed by atoms with E-state index >= 15 is 0 Å². The minimum absolute atomic E-state index is 0.0410. The van der Waals surface area contributed by atoms with Gasteiger partial charge in [-0.3, -0.25) is 23.9 Å². The van der Waals surface area contributed by atoms with Crippen molar-refractivity contribution in [3.05, 3.63) is 67.3 Å². The molecule has 0 radical (unpaired) electrons. The van der Waals surface area contributed by atoms with Crippen LogP contribution in [-0.4, -0.2) is 77.4 Å². The third-order valence-corrected chi connectivity index (χ3v) is 5.95. The van der Waals surface area contributed by atoms with Gasteiger partial charge in [0.15, 0.2) is 6.04 Å². The van der Waals surface area contributed by atoms with Crippen molar-refractivity contribution in [2.24, 2.45) is 11.7 Å². The minimum atomic E-state index is -5.33. The van der Waals surface area contributed by atoms with E-state index in [1.807, 2.05) is 4.98 Å². The van der Waals surface area contributed by atoms with E-state index in [0.717, 1.165) is 29.8 Å². The van der Waals surface area contributed by atoms with Crippen LogP contribution in [0, 0.1) is 5.92 Å². The first-order valence-electron chi connectivity index (χ1n) is 10.9.